The maximum absolute atomic E-state index is 12.3. The van der Waals surface area contributed by atoms with Gasteiger partial charge in [-0.15, -0.1) is 0 Å². The molecule has 0 aliphatic carbocycles. The molecule has 0 atom stereocenters. The average molecular weight is 322 g/mol. The molecule has 124 valence electrons. The summed E-state index contributed by atoms with van der Waals surface area (Å²) in [6.45, 7) is 4.98. The lowest BCUT2D eigenvalue weighted by atomic mass is 10.2. The number of aromatic nitrogens is 3. The molecule has 0 aliphatic rings. The van der Waals surface area contributed by atoms with Crippen molar-refractivity contribution in [3.05, 3.63) is 54.0 Å². The summed E-state index contributed by atoms with van der Waals surface area (Å²) in [7, 11) is 0. The molecule has 3 rings (SSSR count). The third kappa shape index (κ3) is 3.45. The van der Waals surface area contributed by atoms with Gasteiger partial charge in [-0.1, -0.05) is 25.1 Å². The minimum Gasteiger partial charge on any atom is -0.326 e. The van der Waals surface area contributed by atoms with Gasteiger partial charge in [0, 0.05) is 31.3 Å². The number of fused-ring (bicyclic) bond motifs is 1. The number of carbonyl (C=O) groups is 1. The maximum atomic E-state index is 12.3. The predicted molar refractivity (Wildman–Crippen MR) is 95.9 cm³/mol. The first-order valence-corrected chi connectivity index (χ1v) is 8.34. The highest BCUT2D eigenvalue weighted by atomic mass is 16.1. The second kappa shape index (κ2) is 7.25. The first-order chi connectivity index (χ1) is 11.7. The van der Waals surface area contributed by atoms with Gasteiger partial charge in [-0.05, 0) is 37.1 Å². The number of aryl methyl sites for hydroxylation is 3. The number of hydrogen-bond acceptors (Lipinski definition) is 3. The first kappa shape index (κ1) is 16.2. The van der Waals surface area contributed by atoms with Crippen molar-refractivity contribution in [2.24, 2.45) is 0 Å². The predicted octanol–water partition coefficient (Wildman–Crippen LogP) is 3.72. The van der Waals surface area contributed by atoms with Crippen molar-refractivity contribution in [1.29, 1.82) is 0 Å². The van der Waals surface area contributed by atoms with Crippen LogP contribution in [0.25, 0.3) is 11.2 Å². The van der Waals surface area contributed by atoms with Gasteiger partial charge in [-0.2, -0.15) is 0 Å². The van der Waals surface area contributed by atoms with Crippen LogP contribution in [0.2, 0.25) is 0 Å². The molecule has 0 saturated carbocycles. The van der Waals surface area contributed by atoms with Crippen LogP contribution in [-0.2, 0) is 17.8 Å². The molecule has 1 aromatic carbocycles. The number of rotatable bonds is 6. The Balaban J connectivity index is 1.72. The molecule has 3 aromatic rings. The van der Waals surface area contributed by atoms with Crippen molar-refractivity contribution in [2.75, 3.05) is 5.32 Å². The fourth-order valence-corrected chi connectivity index (χ4v) is 2.81. The van der Waals surface area contributed by atoms with Crippen LogP contribution in [0.5, 0.6) is 0 Å². The topological polar surface area (TPSA) is 59.8 Å². The minimum absolute atomic E-state index is 0.00682. The zero-order valence-electron chi connectivity index (χ0n) is 14.1. The molecule has 2 aromatic heterocycles. The van der Waals surface area contributed by atoms with Crippen molar-refractivity contribution >= 4 is 22.8 Å². The van der Waals surface area contributed by atoms with Gasteiger partial charge >= 0.3 is 0 Å². The summed E-state index contributed by atoms with van der Waals surface area (Å²) in [6.07, 6.45) is 3.80. The molecule has 0 radical (unpaired) electrons. The van der Waals surface area contributed by atoms with Gasteiger partial charge in [0.2, 0.25) is 5.91 Å². The van der Waals surface area contributed by atoms with E-state index in [4.69, 9.17) is 0 Å². The number of hydrogen-bond donors (Lipinski definition) is 1. The molecule has 5 heteroatoms. The van der Waals surface area contributed by atoms with Crippen molar-refractivity contribution in [3.63, 3.8) is 0 Å². The van der Waals surface area contributed by atoms with Crippen LogP contribution in [0.15, 0.2) is 42.6 Å². The SMILES string of the molecule is CCCn1c(CCC(=O)Nc2ccccc2C)nc2cccnc21. The summed E-state index contributed by atoms with van der Waals surface area (Å²) in [5.41, 5.74) is 3.72. The highest BCUT2D eigenvalue weighted by molar-refractivity contribution is 5.91. The number of carbonyl (C=O) groups excluding carboxylic acids is 1. The van der Waals surface area contributed by atoms with E-state index in [-0.39, 0.29) is 5.91 Å². The van der Waals surface area contributed by atoms with Gasteiger partial charge in [0.15, 0.2) is 5.65 Å². The number of nitrogens with one attached hydrogen (secondary N) is 1. The molecule has 0 saturated heterocycles. The highest BCUT2D eigenvalue weighted by Gasteiger charge is 2.13. The number of benzene rings is 1. The van der Waals surface area contributed by atoms with Crippen LogP contribution in [0.3, 0.4) is 0 Å². The van der Waals surface area contributed by atoms with Crippen LogP contribution >= 0.6 is 0 Å². The lowest BCUT2D eigenvalue weighted by Gasteiger charge is -2.09. The second-order valence-electron chi connectivity index (χ2n) is 5.89. The normalized spacial score (nSPS) is 10.9. The van der Waals surface area contributed by atoms with Gasteiger partial charge in [-0.3, -0.25) is 4.79 Å². The number of amides is 1. The number of nitrogens with zero attached hydrogens (tertiary/aromatic N) is 3. The lowest BCUT2D eigenvalue weighted by molar-refractivity contribution is -0.116. The zero-order chi connectivity index (χ0) is 16.9. The Morgan fingerprint density at radius 1 is 1.21 bits per heavy atom. The molecule has 0 bridgehead atoms. The minimum atomic E-state index is 0.00682. The van der Waals surface area contributed by atoms with E-state index in [2.05, 4.69) is 26.8 Å². The Morgan fingerprint density at radius 3 is 2.83 bits per heavy atom. The summed E-state index contributed by atoms with van der Waals surface area (Å²) in [5.74, 6) is 0.929. The number of pyridine rings is 1. The van der Waals surface area contributed by atoms with Gasteiger partial charge in [0.1, 0.15) is 11.3 Å². The van der Waals surface area contributed by atoms with Crippen LogP contribution in [-0.4, -0.2) is 20.4 Å². The Morgan fingerprint density at radius 2 is 2.04 bits per heavy atom. The molecule has 24 heavy (non-hydrogen) atoms. The third-order valence-corrected chi connectivity index (χ3v) is 4.02. The van der Waals surface area contributed by atoms with E-state index in [1.807, 2.05) is 43.3 Å². The molecule has 1 N–H and O–H groups in total. The Labute approximate surface area is 141 Å². The van der Waals surface area contributed by atoms with E-state index < -0.39 is 0 Å². The zero-order valence-corrected chi connectivity index (χ0v) is 14.1. The summed E-state index contributed by atoms with van der Waals surface area (Å²) in [6, 6.07) is 11.6. The summed E-state index contributed by atoms with van der Waals surface area (Å²) in [4.78, 5) is 21.3. The van der Waals surface area contributed by atoms with Crippen molar-refractivity contribution < 1.29 is 4.79 Å². The Bertz CT molecular complexity index is 853. The van der Waals surface area contributed by atoms with E-state index in [0.29, 0.717) is 12.8 Å². The first-order valence-electron chi connectivity index (χ1n) is 8.34. The number of imidazole rings is 1. The van der Waals surface area contributed by atoms with E-state index in [9.17, 15) is 4.79 Å². The number of anilines is 1. The second-order valence-corrected chi connectivity index (χ2v) is 5.89. The van der Waals surface area contributed by atoms with Gasteiger partial charge in [0.25, 0.3) is 0 Å². The molecule has 2 heterocycles. The quantitative estimate of drug-likeness (QED) is 0.752. The standard InChI is InChI=1S/C19H22N4O/c1-3-13-23-17(21-16-9-6-12-20-19(16)23)10-11-18(24)22-15-8-5-4-7-14(15)2/h4-9,12H,3,10-11,13H2,1-2H3,(H,22,24). The summed E-state index contributed by atoms with van der Waals surface area (Å²) >= 11 is 0. The molecule has 0 aliphatic heterocycles. The van der Waals surface area contributed by atoms with Gasteiger partial charge in [-0.25, -0.2) is 9.97 Å². The molecule has 5 nitrogen and oxygen atoms in total. The monoisotopic (exact) mass is 322 g/mol. The molecule has 0 unspecified atom stereocenters. The summed E-state index contributed by atoms with van der Waals surface area (Å²) < 4.78 is 2.12. The molecule has 0 fully saturated rings. The summed E-state index contributed by atoms with van der Waals surface area (Å²) in [5, 5.41) is 2.97. The van der Waals surface area contributed by atoms with Crippen LogP contribution in [0, 0.1) is 6.92 Å². The Hall–Kier alpha value is -2.69. The molecular formula is C19H22N4O. The largest absolute Gasteiger partial charge is 0.326 e. The fourth-order valence-electron chi connectivity index (χ4n) is 2.81. The highest BCUT2D eigenvalue weighted by Crippen LogP contribution is 2.17. The Kier molecular flexibility index (Phi) is 4.89. The van der Waals surface area contributed by atoms with Gasteiger partial charge in [0.05, 0.1) is 0 Å². The van der Waals surface area contributed by atoms with Crippen molar-refractivity contribution in [1.82, 2.24) is 14.5 Å². The average Bonchev–Trinajstić information content (AvgIpc) is 2.93. The molecule has 1 amide bonds. The fraction of sp³-hybridized carbons (Fsp3) is 0.316. The van der Waals surface area contributed by atoms with E-state index in [1.165, 1.54) is 0 Å². The number of para-hydroxylation sites is 1. The van der Waals surface area contributed by atoms with E-state index >= 15 is 0 Å². The van der Waals surface area contributed by atoms with Crippen LogP contribution in [0.1, 0.15) is 31.2 Å². The van der Waals surface area contributed by atoms with Gasteiger partial charge < -0.3 is 9.88 Å². The van der Waals surface area contributed by atoms with Crippen molar-refractivity contribution in [2.45, 2.75) is 39.7 Å². The van der Waals surface area contributed by atoms with E-state index in [0.717, 1.165) is 41.2 Å². The van der Waals surface area contributed by atoms with E-state index in [1.54, 1.807) is 6.20 Å². The molecule has 0 spiro atoms. The molecular weight excluding hydrogens is 300 g/mol. The van der Waals surface area contributed by atoms with Crippen LogP contribution in [0.4, 0.5) is 5.69 Å². The lowest BCUT2D eigenvalue weighted by Crippen LogP contribution is -2.15. The van der Waals surface area contributed by atoms with Crippen LogP contribution < -0.4 is 5.32 Å². The smallest absolute Gasteiger partial charge is 0.224 e. The maximum Gasteiger partial charge on any atom is 0.224 e. The third-order valence-electron chi connectivity index (χ3n) is 4.02. The van der Waals surface area contributed by atoms with Crippen molar-refractivity contribution in [3.8, 4) is 0 Å².